The first-order valence-electron chi connectivity index (χ1n) is 6.18. The van der Waals surface area contributed by atoms with Crippen molar-refractivity contribution in [2.45, 2.75) is 52.6 Å². The first-order chi connectivity index (χ1) is 6.70. The van der Waals surface area contributed by atoms with Gasteiger partial charge in [-0.05, 0) is 45.3 Å². The summed E-state index contributed by atoms with van der Waals surface area (Å²) in [7, 11) is 0. The summed E-state index contributed by atoms with van der Waals surface area (Å²) in [6.07, 6.45) is 2.56. The highest BCUT2D eigenvalue weighted by Crippen LogP contribution is 2.23. The van der Waals surface area contributed by atoms with Crippen molar-refractivity contribution >= 4 is 0 Å². The molecule has 1 heterocycles. The Balaban J connectivity index is 2.42. The molecule has 1 saturated heterocycles. The van der Waals surface area contributed by atoms with Crippen LogP contribution in [-0.4, -0.2) is 36.6 Å². The Bertz CT molecular complexity index is 158. The van der Waals surface area contributed by atoms with E-state index in [0.717, 1.165) is 18.0 Å². The molecule has 2 heteroatoms. The Kier molecular flexibility index (Phi) is 4.90. The van der Waals surface area contributed by atoms with Gasteiger partial charge in [0, 0.05) is 12.1 Å². The monoisotopic (exact) mass is 198 g/mol. The van der Waals surface area contributed by atoms with Crippen LogP contribution in [-0.2, 0) is 0 Å². The van der Waals surface area contributed by atoms with Gasteiger partial charge in [-0.1, -0.05) is 20.8 Å². The number of nitrogens with zero attached hydrogens (tertiary/aromatic N) is 1. The molecule has 3 unspecified atom stereocenters. The summed E-state index contributed by atoms with van der Waals surface area (Å²) >= 11 is 0. The van der Waals surface area contributed by atoms with Gasteiger partial charge in [-0.15, -0.1) is 0 Å². The van der Waals surface area contributed by atoms with Crippen LogP contribution in [0.5, 0.6) is 0 Å². The second-order valence-electron chi connectivity index (χ2n) is 4.58. The highest BCUT2D eigenvalue weighted by Gasteiger charge is 2.30. The molecule has 1 N–H and O–H groups in total. The standard InChI is InChI=1S/C12H26N2/c1-5-8-13-12-7-9-14(6-2)11(4)10(12)3/h10-13H,5-9H2,1-4H3. The molecule has 0 spiro atoms. The number of hydrogen-bond acceptors (Lipinski definition) is 2. The number of nitrogens with one attached hydrogen (secondary N) is 1. The average Bonchev–Trinajstić information content (AvgIpc) is 2.20. The Labute approximate surface area is 89.1 Å². The normalized spacial score (nSPS) is 34.7. The number of piperidine rings is 1. The van der Waals surface area contributed by atoms with E-state index < -0.39 is 0 Å². The Morgan fingerprint density at radius 3 is 2.57 bits per heavy atom. The summed E-state index contributed by atoms with van der Waals surface area (Å²) in [5, 5.41) is 3.67. The number of likely N-dealkylation sites (tertiary alicyclic amines) is 1. The third-order valence-electron chi connectivity index (χ3n) is 3.76. The molecule has 0 saturated carbocycles. The van der Waals surface area contributed by atoms with Gasteiger partial charge in [0.05, 0.1) is 0 Å². The van der Waals surface area contributed by atoms with Gasteiger partial charge in [-0.3, -0.25) is 0 Å². The van der Waals surface area contributed by atoms with E-state index in [-0.39, 0.29) is 0 Å². The topological polar surface area (TPSA) is 15.3 Å². The lowest BCUT2D eigenvalue weighted by atomic mass is 9.87. The van der Waals surface area contributed by atoms with Crippen LogP contribution in [0.15, 0.2) is 0 Å². The maximum absolute atomic E-state index is 3.67. The van der Waals surface area contributed by atoms with Crippen molar-refractivity contribution in [2.24, 2.45) is 5.92 Å². The second kappa shape index (κ2) is 5.72. The molecule has 0 radical (unpaired) electrons. The van der Waals surface area contributed by atoms with Gasteiger partial charge < -0.3 is 10.2 Å². The molecule has 0 aromatic rings. The molecule has 1 rings (SSSR count). The molecular weight excluding hydrogens is 172 g/mol. The molecule has 0 aliphatic carbocycles. The lowest BCUT2D eigenvalue weighted by Crippen LogP contribution is -2.53. The highest BCUT2D eigenvalue weighted by atomic mass is 15.2. The maximum Gasteiger partial charge on any atom is 0.0120 e. The number of rotatable bonds is 4. The molecule has 14 heavy (non-hydrogen) atoms. The molecule has 1 aliphatic rings. The SMILES string of the molecule is CCCNC1CCN(CC)C(C)C1C. The Morgan fingerprint density at radius 2 is 2.00 bits per heavy atom. The predicted molar refractivity (Wildman–Crippen MR) is 62.6 cm³/mol. The predicted octanol–water partition coefficient (Wildman–Crippen LogP) is 2.10. The Morgan fingerprint density at radius 1 is 1.29 bits per heavy atom. The lowest BCUT2D eigenvalue weighted by Gasteiger charge is -2.42. The van der Waals surface area contributed by atoms with Gasteiger partial charge >= 0.3 is 0 Å². The van der Waals surface area contributed by atoms with Crippen molar-refractivity contribution in [3.8, 4) is 0 Å². The van der Waals surface area contributed by atoms with Crippen LogP contribution in [0.25, 0.3) is 0 Å². The zero-order chi connectivity index (χ0) is 10.6. The van der Waals surface area contributed by atoms with E-state index in [4.69, 9.17) is 0 Å². The van der Waals surface area contributed by atoms with Gasteiger partial charge in [0.2, 0.25) is 0 Å². The summed E-state index contributed by atoms with van der Waals surface area (Å²) in [6.45, 7) is 12.9. The van der Waals surface area contributed by atoms with E-state index in [1.165, 1.54) is 32.5 Å². The van der Waals surface area contributed by atoms with Crippen LogP contribution in [0.2, 0.25) is 0 Å². The second-order valence-corrected chi connectivity index (χ2v) is 4.58. The third kappa shape index (κ3) is 2.71. The van der Waals surface area contributed by atoms with Crippen LogP contribution < -0.4 is 5.32 Å². The van der Waals surface area contributed by atoms with Crippen molar-refractivity contribution < 1.29 is 0 Å². The minimum atomic E-state index is 0.739. The molecule has 0 bridgehead atoms. The Hall–Kier alpha value is -0.0800. The van der Waals surface area contributed by atoms with E-state index in [2.05, 4.69) is 37.9 Å². The molecule has 2 nitrogen and oxygen atoms in total. The fourth-order valence-electron chi connectivity index (χ4n) is 2.50. The third-order valence-corrected chi connectivity index (χ3v) is 3.76. The van der Waals surface area contributed by atoms with Gasteiger partial charge in [0.15, 0.2) is 0 Å². The summed E-state index contributed by atoms with van der Waals surface area (Å²) in [5.74, 6) is 0.787. The van der Waals surface area contributed by atoms with E-state index >= 15 is 0 Å². The van der Waals surface area contributed by atoms with Crippen LogP contribution in [0.1, 0.15) is 40.5 Å². The molecule has 1 aliphatic heterocycles. The lowest BCUT2D eigenvalue weighted by molar-refractivity contribution is 0.0903. The first kappa shape index (κ1) is 12.0. The molecular formula is C12H26N2. The van der Waals surface area contributed by atoms with Gasteiger partial charge in [-0.25, -0.2) is 0 Å². The molecule has 0 amide bonds. The van der Waals surface area contributed by atoms with Crippen molar-refractivity contribution in [3.63, 3.8) is 0 Å². The van der Waals surface area contributed by atoms with Crippen molar-refractivity contribution in [2.75, 3.05) is 19.6 Å². The summed E-state index contributed by atoms with van der Waals surface area (Å²) in [5.41, 5.74) is 0. The maximum atomic E-state index is 3.67. The molecule has 3 atom stereocenters. The van der Waals surface area contributed by atoms with E-state index in [1.807, 2.05) is 0 Å². The summed E-state index contributed by atoms with van der Waals surface area (Å²) in [6, 6.07) is 1.48. The van der Waals surface area contributed by atoms with Gasteiger partial charge in [0.25, 0.3) is 0 Å². The van der Waals surface area contributed by atoms with Crippen LogP contribution in [0.3, 0.4) is 0 Å². The van der Waals surface area contributed by atoms with Gasteiger partial charge in [0.1, 0.15) is 0 Å². The zero-order valence-electron chi connectivity index (χ0n) is 10.2. The van der Waals surface area contributed by atoms with Crippen molar-refractivity contribution in [3.05, 3.63) is 0 Å². The molecule has 84 valence electrons. The smallest absolute Gasteiger partial charge is 0.0120 e. The van der Waals surface area contributed by atoms with Crippen LogP contribution >= 0.6 is 0 Å². The first-order valence-corrected chi connectivity index (χ1v) is 6.18. The van der Waals surface area contributed by atoms with Crippen LogP contribution in [0.4, 0.5) is 0 Å². The largest absolute Gasteiger partial charge is 0.314 e. The van der Waals surface area contributed by atoms with E-state index in [9.17, 15) is 0 Å². The summed E-state index contributed by atoms with van der Waals surface area (Å²) < 4.78 is 0. The van der Waals surface area contributed by atoms with E-state index in [1.54, 1.807) is 0 Å². The van der Waals surface area contributed by atoms with Crippen LogP contribution in [0, 0.1) is 5.92 Å². The van der Waals surface area contributed by atoms with Crippen molar-refractivity contribution in [1.82, 2.24) is 10.2 Å². The number of hydrogen-bond donors (Lipinski definition) is 1. The molecule has 0 aromatic heterocycles. The molecule has 1 fully saturated rings. The fraction of sp³-hybridized carbons (Fsp3) is 1.00. The minimum Gasteiger partial charge on any atom is -0.314 e. The zero-order valence-corrected chi connectivity index (χ0v) is 10.2. The highest BCUT2D eigenvalue weighted by molar-refractivity contribution is 4.87. The fourth-order valence-corrected chi connectivity index (χ4v) is 2.50. The molecule has 0 aromatic carbocycles. The van der Waals surface area contributed by atoms with E-state index in [0.29, 0.717) is 0 Å². The van der Waals surface area contributed by atoms with Gasteiger partial charge in [-0.2, -0.15) is 0 Å². The van der Waals surface area contributed by atoms with Crippen molar-refractivity contribution in [1.29, 1.82) is 0 Å². The minimum absolute atomic E-state index is 0.739. The average molecular weight is 198 g/mol. The quantitative estimate of drug-likeness (QED) is 0.744. The summed E-state index contributed by atoms with van der Waals surface area (Å²) in [4.78, 5) is 2.59.